The van der Waals surface area contributed by atoms with E-state index in [0.717, 1.165) is 41.6 Å². The standard InChI is InChI=1S/C29H26N2/c1-21(2)10-6-9-15-27-28(23-11-4-3-5-12-23)25-13-7-8-14-26(25)29(31-27)24-18-16-22(20-30)17-19-24/h3-5,7-8,10-14,16-19H,6,9,15H2,1-2H3. The second-order valence-electron chi connectivity index (χ2n) is 8.06. The van der Waals surface area contributed by atoms with Gasteiger partial charge in [0.25, 0.3) is 0 Å². The van der Waals surface area contributed by atoms with E-state index in [4.69, 9.17) is 10.2 Å². The number of fused-ring (bicyclic) bond motifs is 1. The average molecular weight is 403 g/mol. The molecule has 0 fully saturated rings. The summed E-state index contributed by atoms with van der Waals surface area (Å²) in [6, 6.07) is 29.0. The molecule has 152 valence electrons. The molecule has 0 aliphatic rings. The summed E-state index contributed by atoms with van der Waals surface area (Å²) in [6.45, 7) is 4.29. The maximum atomic E-state index is 9.17. The molecule has 2 heteroatoms. The Morgan fingerprint density at radius 1 is 0.839 bits per heavy atom. The van der Waals surface area contributed by atoms with E-state index in [2.05, 4.69) is 80.6 Å². The van der Waals surface area contributed by atoms with Gasteiger partial charge in [-0.1, -0.05) is 78.4 Å². The molecule has 0 aliphatic heterocycles. The number of pyridine rings is 1. The first-order valence-electron chi connectivity index (χ1n) is 10.8. The predicted molar refractivity (Wildman–Crippen MR) is 130 cm³/mol. The number of aryl methyl sites for hydroxylation is 1. The van der Waals surface area contributed by atoms with Crippen molar-refractivity contribution in [3.05, 3.63) is 102 Å². The third-order valence-electron chi connectivity index (χ3n) is 5.51. The molecule has 4 aromatic rings. The zero-order valence-corrected chi connectivity index (χ0v) is 18.1. The van der Waals surface area contributed by atoms with Crippen LogP contribution in [0.25, 0.3) is 33.2 Å². The van der Waals surface area contributed by atoms with Crippen molar-refractivity contribution in [1.82, 2.24) is 4.98 Å². The lowest BCUT2D eigenvalue weighted by Crippen LogP contribution is -2.00. The number of hydrogen-bond acceptors (Lipinski definition) is 2. The van der Waals surface area contributed by atoms with E-state index < -0.39 is 0 Å². The van der Waals surface area contributed by atoms with Gasteiger partial charge in [0, 0.05) is 22.2 Å². The molecule has 3 aromatic carbocycles. The fraction of sp³-hybridized carbons (Fsp3) is 0.172. The van der Waals surface area contributed by atoms with E-state index in [1.807, 2.05) is 24.3 Å². The summed E-state index contributed by atoms with van der Waals surface area (Å²) in [5.74, 6) is 0. The van der Waals surface area contributed by atoms with Crippen LogP contribution >= 0.6 is 0 Å². The molecular weight excluding hydrogens is 376 g/mol. The second kappa shape index (κ2) is 9.41. The minimum absolute atomic E-state index is 0.663. The molecule has 0 spiro atoms. The molecule has 2 nitrogen and oxygen atoms in total. The first-order valence-corrected chi connectivity index (χ1v) is 10.8. The molecule has 31 heavy (non-hydrogen) atoms. The van der Waals surface area contributed by atoms with Crippen LogP contribution in [0.2, 0.25) is 0 Å². The van der Waals surface area contributed by atoms with Crippen molar-refractivity contribution in [2.45, 2.75) is 33.1 Å². The molecule has 0 amide bonds. The lowest BCUT2D eigenvalue weighted by molar-refractivity contribution is 0.818. The fourth-order valence-corrected chi connectivity index (χ4v) is 4.00. The Hall–Kier alpha value is -3.70. The molecule has 4 rings (SSSR count). The van der Waals surface area contributed by atoms with Gasteiger partial charge in [-0.05, 0) is 56.2 Å². The van der Waals surface area contributed by atoms with Gasteiger partial charge in [-0.3, -0.25) is 4.98 Å². The number of nitrogens with zero attached hydrogens (tertiary/aromatic N) is 2. The smallest absolute Gasteiger partial charge is 0.0991 e. The van der Waals surface area contributed by atoms with Crippen molar-refractivity contribution < 1.29 is 0 Å². The highest BCUT2D eigenvalue weighted by atomic mass is 14.7. The minimum Gasteiger partial charge on any atom is -0.252 e. The Morgan fingerprint density at radius 3 is 2.19 bits per heavy atom. The third kappa shape index (κ3) is 4.57. The van der Waals surface area contributed by atoms with Gasteiger partial charge < -0.3 is 0 Å². The fourth-order valence-electron chi connectivity index (χ4n) is 4.00. The zero-order chi connectivity index (χ0) is 21.6. The summed E-state index contributed by atoms with van der Waals surface area (Å²) in [4.78, 5) is 5.22. The van der Waals surface area contributed by atoms with Gasteiger partial charge in [-0.25, -0.2) is 0 Å². The van der Waals surface area contributed by atoms with Crippen molar-refractivity contribution in [2.24, 2.45) is 0 Å². The van der Waals surface area contributed by atoms with E-state index >= 15 is 0 Å². The Morgan fingerprint density at radius 2 is 1.52 bits per heavy atom. The maximum absolute atomic E-state index is 9.17. The van der Waals surface area contributed by atoms with Crippen LogP contribution in [0.15, 0.2) is 90.5 Å². The number of unbranched alkanes of at least 4 members (excludes halogenated alkanes) is 1. The van der Waals surface area contributed by atoms with Crippen molar-refractivity contribution in [1.29, 1.82) is 5.26 Å². The summed E-state index contributed by atoms with van der Waals surface area (Å²) in [5.41, 5.74) is 7.60. The molecule has 1 aromatic heterocycles. The average Bonchev–Trinajstić information content (AvgIpc) is 2.81. The first kappa shape index (κ1) is 20.6. The van der Waals surface area contributed by atoms with Crippen LogP contribution in [0.3, 0.4) is 0 Å². The summed E-state index contributed by atoms with van der Waals surface area (Å²) in [6.07, 6.45) is 5.33. The lowest BCUT2D eigenvalue weighted by Gasteiger charge is -2.16. The molecule has 0 radical (unpaired) electrons. The summed E-state index contributed by atoms with van der Waals surface area (Å²) in [7, 11) is 0. The van der Waals surface area contributed by atoms with Gasteiger partial charge in [0.05, 0.1) is 17.3 Å². The zero-order valence-electron chi connectivity index (χ0n) is 18.1. The molecular formula is C29H26N2. The second-order valence-corrected chi connectivity index (χ2v) is 8.06. The molecule has 0 bridgehead atoms. The number of hydrogen-bond donors (Lipinski definition) is 0. The molecule has 1 heterocycles. The molecule has 0 N–H and O–H groups in total. The summed E-state index contributed by atoms with van der Waals surface area (Å²) in [5, 5.41) is 11.5. The van der Waals surface area contributed by atoms with Crippen molar-refractivity contribution in [3.8, 4) is 28.5 Å². The first-order chi connectivity index (χ1) is 15.2. The summed E-state index contributed by atoms with van der Waals surface area (Å²) < 4.78 is 0. The highest BCUT2D eigenvalue weighted by Gasteiger charge is 2.16. The number of nitriles is 1. The van der Waals surface area contributed by atoms with E-state index in [1.54, 1.807) is 0 Å². The van der Waals surface area contributed by atoms with Crippen LogP contribution in [0.1, 0.15) is 37.9 Å². The van der Waals surface area contributed by atoms with Crippen LogP contribution in [0, 0.1) is 11.3 Å². The summed E-state index contributed by atoms with van der Waals surface area (Å²) >= 11 is 0. The van der Waals surface area contributed by atoms with Crippen molar-refractivity contribution >= 4 is 10.8 Å². The Balaban J connectivity index is 1.90. The molecule has 0 atom stereocenters. The van der Waals surface area contributed by atoms with Gasteiger partial charge in [0.15, 0.2) is 0 Å². The Bertz CT molecular complexity index is 1260. The number of benzene rings is 3. The molecule has 0 saturated heterocycles. The minimum atomic E-state index is 0.663. The molecule has 0 aliphatic carbocycles. The SMILES string of the molecule is CC(C)=CCCCc1nc(-c2ccc(C#N)cc2)c2ccccc2c1-c1ccccc1. The van der Waals surface area contributed by atoms with E-state index in [0.29, 0.717) is 5.56 Å². The normalized spacial score (nSPS) is 10.6. The monoisotopic (exact) mass is 402 g/mol. The van der Waals surface area contributed by atoms with Crippen LogP contribution in [-0.2, 0) is 6.42 Å². The number of rotatable bonds is 6. The van der Waals surface area contributed by atoms with Gasteiger partial charge in [-0.15, -0.1) is 0 Å². The van der Waals surface area contributed by atoms with Crippen LogP contribution < -0.4 is 0 Å². The third-order valence-corrected chi connectivity index (χ3v) is 5.51. The largest absolute Gasteiger partial charge is 0.252 e. The maximum Gasteiger partial charge on any atom is 0.0991 e. The highest BCUT2D eigenvalue weighted by Crippen LogP contribution is 2.37. The van der Waals surface area contributed by atoms with Crippen molar-refractivity contribution in [3.63, 3.8) is 0 Å². The van der Waals surface area contributed by atoms with Crippen LogP contribution in [-0.4, -0.2) is 4.98 Å². The van der Waals surface area contributed by atoms with Gasteiger partial charge in [0.2, 0.25) is 0 Å². The van der Waals surface area contributed by atoms with Crippen LogP contribution in [0.5, 0.6) is 0 Å². The molecule has 0 unspecified atom stereocenters. The Kier molecular flexibility index (Phi) is 6.24. The number of allylic oxidation sites excluding steroid dienone is 2. The van der Waals surface area contributed by atoms with Gasteiger partial charge in [-0.2, -0.15) is 5.26 Å². The quantitative estimate of drug-likeness (QED) is 0.244. The molecule has 0 saturated carbocycles. The van der Waals surface area contributed by atoms with Gasteiger partial charge in [0.1, 0.15) is 0 Å². The van der Waals surface area contributed by atoms with Crippen LogP contribution in [0.4, 0.5) is 0 Å². The van der Waals surface area contributed by atoms with Gasteiger partial charge >= 0.3 is 0 Å². The topological polar surface area (TPSA) is 36.7 Å². The van der Waals surface area contributed by atoms with Crippen molar-refractivity contribution in [2.75, 3.05) is 0 Å². The van der Waals surface area contributed by atoms with E-state index in [9.17, 15) is 0 Å². The van der Waals surface area contributed by atoms with E-state index in [1.165, 1.54) is 22.1 Å². The van der Waals surface area contributed by atoms with E-state index in [-0.39, 0.29) is 0 Å². The lowest BCUT2D eigenvalue weighted by atomic mass is 9.92. The Labute approximate surface area is 184 Å². The highest BCUT2D eigenvalue weighted by molar-refractivity contribution is 6.04. The number of aromatic nitrogens is 1. The predicted octanol–water partition coefficient (Wildman–Crippen LogP) is 7.73.